The van der Waals surface area contributed by atoms with Gasteiger partial charge in [0.25, 0.3) is 5.91 Å². The minimum absolute atomic E-state index is 0.0134. The van der Waals surface area contributed by atoms with Crippen LogP contribution in [-0.2, 0) is 11.2 Å². The molecular formula is C20H20FN5O2S. The summed E-state index contributed by atoms with van der Waals surface area (Å²) in [6.07, 6.45) is 3.34. The smallest absolute Gasteiger partial charge is 0.276 e. The van der Waals surface area contributed by atoms with Crippen LogP contribution in [0.2, 0.25) is 0 Å². The molecule has 0 spiro atoms. The zero-order valence-corrected chi connectivity index (χ0v) is 16.4. The second kappa shape index (κ2) is 8.52. The molecule has 1 fully saturated rings. The first-order valence-corrected chi connectivity index (χ1v) is 10.3. The zero-order valence-electron chi connectivity index (χ0n) is 15.6. The highest BCUT2D eigenvalue weighted by molar-refractivity contribution is 7.10. The molecule has 9 heteroatoms. The number of benzene rings is 1. The third kappa shape index (κ3) is 4.68. The van der Waals surface area contributed by atoms with E-state index in [1.807, 2.05) is 17.5 Å². The van der Waals surface area contributed by atoms with Crippen molar-refractivity contribution in [2.45, 2.75) is 25.3 Å². The van der Waals surface area contributed by atoms with E-state index in [0.29, 0.717) is 38.0 Å². The Morgan fingerprint density at radius 3 is 2.62 bits per heavy atom. The first kappa shape index (κ1) is 19.3. The van der Waals surface area contributed by atoms with Gasteiger partial charge < -0.3 is 10.2 Å². The minimum atomic E-state index is -0.337. The second-order valence-corrected chi connectivity index (χ2v) is 7.95. The molecule has 1 aromatic carbocycles. The Balaban J connectivity index is 1.30. The lowest BCUT2D eigenvalue weighted by atomic mass is 10.0. The van der Waals surface area contributed by atoms with Crippen molar-refractivity contribution in [3.05, 3.63) is 64.4 Å². The van der Waals surface area contributed by atoms with Crippen LogP contribution in [0.5, 0.6) is 0 Å². The van der Waals surface area contributed by atoms with Crippen LogP contribution in [0.1, 0.15) is 28.2 Å². The van der Waals surface area contributed by atoms with Gasteiger partial charge in [0.2, 0.25) is 5.91 Å². The molecule has 3 heterocycles. The molecule has 0 bridgehead atoms. The Kier molecular flexibility index (Phi) is 5.66. The standard InChI is InChI=1S/C20H20FN5O2S/c21-14-3-5-16(6-4-14)26-13-18(23-24-26)20(28)25-9-7-15(8-10-25)22-19(27)12-17-2-1-11-29-17/h1-6,11,13,15H,7-10,12H2,(H,22,27). The average molecular weight is 413 g/mol. The number of halogens is 1. The number of hydrogen-bond acceptors (Lipinski definition) is 5. The van der Waals surface area contributed by atoms with E-state index >= 15 is 0 Å². The molecular weight excluding hydrogens is 393 g/mol. The molecule has 0 radical (unpaired) electrons. The van der Waals surface area contributed by atoms with Crippen LogP contribution in [0.15, 0.2) is 48.0 Å². The topological polar surface area (TPSA) is 80.1 Å². The Morgan fingerprint density at radius 2 is 1.93 bits per heavy atom. The number of hydrogen-bond donors (Lipinski definition) is 1. The lowest BCUT2D eigenvalue weighted by Crippen LogP contribution is -2.47. The number of rotatable bonds is 5. The third-order valence-corrected chi connectivity index (χ3v) is 5.74. The van der Waals surface area contributed by atoms with E-state index in [1.54, 1.807) is 34.6 Å². The maximum atomic E-state index is 13.1. The largest absolute Gasteiger partial charge is 0.353 e. The van der Waals surface area contributed by atoms with Crippen LogP contribution in [0, 0.1) is 5.82 Å². The lowest BCUT2D eigenvalue weighted by molar-refractivity contribution is -0.121. The van der Waals surface area contributed by atoms with Crippen molar-refractivity contribution in [1.29, 1.82) is 0 Å². The van der Waals surface area contributed by atoms with Crippen LogP contribution >= 0.6 is 11.3 Å². The molecule has 0 aliphatic carbocycles. The Hall–Kier alpha value is -3.07. The molecule has 4 rings (SSSR count). The van der Waals surface area contributed by atoms with Crippen molar-refractivity contribution in [1.82, 2.24) is 25.2 Å². The summed E-state index contributed by atoms with van der Waals surface area (Å²) in [5, 5.41) is 12.9. The molecule has 1 aliphatic rings. The zero-order chi connectivity index (χ0) is 20.2. The SMILES string of the molecule is O=C(Cc1cccs1)NC1CCN(C(=O)c2cn(-c3ccc(F)cc3)nn2)CC1. The summed E-state index contributed by atoms with van der Waals surface area (Å²) in [4.78, 5) is 27.6. The number of aromatic nitrogens is 3. The third-order valence-electron chi connectivity index (χ3n) is 4.87. The molecule has 1 N–H and O–H groups in total. The van der Waals surface area contributed by atoms with Gasteiger partial charge in [-0.25, -0.2) is 9.07 Å². The molecule has 1 saturated heterocycles. The first-order chi connectivity index (χ1) is 14.1. The monoisotopic (exact) mass is 413 g/mol. The number of carbonyl (C=O) groups excluding carboxylic acids is 2. The number of amides is 2. The molecule has 0 saturated carbocycles. The van der Waals surface area contributed by atoms with Gasteiger partial charge in [-0.1, -0.05) is 11.3 Å². The van der Waals surface area contributed by atoms with Gasteiger partial charge in [-0.15, -0.1) is 16.4 Å². The van der Waals surface area contributed by atoms with Gasteiger partial charge in [0, 0.05) is 24.0 Å². The Bertz CT molecular complexity index is 979. The summed E-state index contributed by atoms with van der Waals surface area (Å²) < 4.78 is 14.5. The van der Waals surface area contributed by atoms with Crippen LogP contribution in [0.4, 0.5) is 4.39 Å². The normalized spacial score (nSPS) is 14.7. The Labute approximate surface area is 171 Å². The van der Waals surface area contributed by atoms with Gasteiger partial charge in [-0.05, 0) is 48.6 Å². The van der Waals surface area contributed by atoms with Crippen LogP contribution in [0.25, 0.3) is 5.69 Å². The van der Waals surface area contributed by atoms with E-state index in [2.05, 4.69) is 15.6 Å². The number of nitrogens with one attached hydrogen (secondary N) is 1. The van der Waals surface area contributed by atoms with E-state index in [-0.39, 0.29) is 29.4 Å². The summed E-state index contributed by atoms with van der Waals surface area (Å²) in [7, 11) is 0. The molecule has 7 nitrogen and oxygen atoms in total. The molecule has 2 amide bonds. The molecule has 3 aromatic rings. The van der Waals surface area contributed by atoms with Gasteiger partial charge in [0.05, 0.1) is 18.3 Å². The number of piperidine rings is 1. The summed E-state index contributed by atoms with van der Waals surface area (Å²) in [5.41, 5.74) is 0.875. The minimum Gasteiger partial charge on any atom is -0.353 e. The molecule has 0 unspecified atom stereocenters. The first-order valence-electron chi connectivity index (χ1n) is 9.38. The predicted molar refractivity (Wildman–Crippen MR) is 106 cm³/mol. The second-order valence-electron chi connectivity index (χ2n) is 6.91. The fraction of sp³-hybridized carbons (Fsp3) is 0.300. The van der Waals surface area contributed by atoms with Gasteiger partial charge in [-0.3, -0.25) is 9.59 Å². The number of thiophene rings is 1. The highest BCUT2D eigenvalue weighted by Crippen LogP contribution is 2.15. The van der Waals surface area contributed by atoms with E-state index in [9.17, 15) is 14.0 Å². The van der Waals surface area contributed by atoms with Gasteiger partial charge in [0.1, 0.15) is 5.82 Å². The highest BCUT2D eigenvalue weighted by atomic mass is 32.1. The predicted octanol–water partition coefficient (Wildman–Crippen LogP) is 2.43. The molecule has 29 heavy (non-hydrogen) atoms. The van der Waals surface area contributed by atoms with Gasteiger partial charge in [0.15, 0.2) is 5.69 Å². The van der Waals surface area contributed by atoms with Crippen molar-refractivity contribution in [3.8, 4) is 5.69 Å². The maximum Gasteiger partial charge on any atom is 0.276 e. The quantitative estimate of drug-likeness (QED) is 0.697. The van der Waals surface area contributed by atoms with E-state index in [1.165, 1.54) is 16.8 Å². The van der Waals surface area contributed by atoms with E-state index in [0.717, 1.165) is 4.88 Å². The Morgan fingerprint density at radius 1 is 1.17 bits per heavy atom. The van der Waals surface area contributed by atoms with E-state index in [4.69, 9.17) is 0 Å². The summed E-state index contributed by atoms with van der Waals surface area (Å²) in [5.74, 6) is -0.517. The summed E-state index contributed by atoms with van der Waals surface area (Å²) >= 11 is 1.57. The number of carbonyl (C=O) groups is 2. The van der Waals surface area contributed by atoms with Crippen molar-refractivity contribution in [2.75, 3.05) is 13.1 Å². The van der Waals surface area contributed by atoms with Gasteiger partial charge >= 0.3 is 0 Å². The fourth-order valence-corrected chi connectivity index (χ4v) is 4.02. The van der Waals surface area contributed by atoms with Crippen LogP contribution < -0.4 is 5.32 Å². The van der Waals surface area contributed by atoms with Crippen LogP contribution in [-0.4, -0.2) is 50.8 Å². The highest BCUT2D eigenvalue weighted by Gasteiger charge is 2.26. The molecule has 150 valence electrons. The molecule has 1 aliphatic heterocycles. The number of nitrogens with zero attached hydrogens (tertiary/aromatic N) is 4. The summed E-state index contributed by atoms with van der Waals surface area (Å²) in [6.45, 7) is 1.10. The van der Waals surface area contributed by atoms with Crippen LogP contribution in [0.3, 0.4) is 0 Å². The van der Waals surface area contributed by atoms with Crippen molar-refractivity contribution >= 4 is 23.2 Å². The van der Waals surface area contributed by atoms with Crippen molar-refractivity contribution < 1.29 is 14.0 Å². The molecule has 0 atom stereocenters. The maximum absolute atomic E-state index is 13.1. The van der Waals surface area contributed by atoms with E-state index < -0.39 is 0 Å². The lowest BCUT2D eigenvalue weighted by Gasteiger charge is -2.31. The fourth-order valence-electron chi connectivity index (χ4n) is 3.32. The summed E-state index contributed by atoms with van der Waals surface area (Å²) in [6, 6.07) is 9.76. The van der Waals surface area contributed by atoms with Gasteiger partial charge in [-0.2, -0.15) is 0 Å². The number of likely N-dealkylation sites (tertiary alicyclic amines) is 1. The molecule has 2 aromatic heterocycles. The average Bonchev–Trinajstić information content (AvgIpc) is 3.41. The van der Waals surface area contributed by atoms with Crippen molar-refractivity contribution in [3.63, 3.8) is 0 Å². The van der Waals surface area contributed by atoms with Crippen molar-refractivity contribution in [2.24, 2.45) is 0 Å².